The standard InChI is InChI=1S/C24H26N2O3/c1-5-20-23(16(2)19-13-9-10-14-21(19)25-20)24(28)29-15-22(27)26(4)17(3)18-11-7-6-8-12-18/h6-14,17H,5,15H2,1-4H3/t17-/m1/s1. The molecule has 2 aromatic carbocycles. The molecule has 1 amide bonds. The average Bonchev–Trinajstić information content (AvgIpc) is 2.76. The van der Waals surface area contributed by atoms with Crippen LogP contribution in [0.25, 0.3) is 10.9 Å². The predicted molar refractivity (Wildman–Crippen MR) is 114 cm³/mol. The van der Waals surface area contributed by atoms with E-state index in [-0.39, 0.29) is 18.6 Å². The smallest absolute Gasteiger partial charge is 0.340 e. The van der Waals surface area contributed by atoms with Crippen molar-refractivity contribution in [3.8, 4) is 0 Å². The van der Waals surface area contributed by atoms with Crippen molar-refractivity contribution < 1.29 is 14.3 Å². The Kier molecular flexibility index (Phi) is 6.27. The summed E-state index contributed by atoms with van der Waals surface area (Å²) in [5, 5.41) is 0.915. The van der Waals surface area contributed by atoms with Gasteiger partial charge in [0.2, 0.25) is 0 Å². The molecule has 0 aliphatic rings. The van der Waals surface area contributed by atoms with E-state index in [0.717, 1.165) is 22.0 Å². The molecule has 0 N–H and O–H groups in total. The molecule has 5 nitrogen and oxygen atoms in total. The van der Waals surface area contributed by atoms with Gasteiger partial charge in [0, 0.05) is 12.4 Å². The first-order valence-electron chi connectivity index (χ1n) is 9.80. The molecule has 29 heavy (non-hydrogen) atoms. The summed E-state index contributed by atoms with van der Waals surface area (Å²) in [6, 6.07) is 17.3. The molecule has 3 aromatic rings. The minimum atomic E-state index is -0.508. The maximum Gasteiger partial charge on any atom is 0.340 e. The van der Waals surface area contributed by atoms with Crippen LogP contribution in [0.4, 0.5) is 0 Å². The van der Waals surface area contributed by atoms with Gasteiger partial charge in [0.1, 0.15) is 0 Å². The molecule has 0 radical (unpaired) electrons. The van der Waals surface area contributed by atoms with Gasteiger partial charge in [0.05, 0.1) is 22.8 Å². The summed E-state index contributed by atoms with van der Waals surface area (Å²) in [6.07, 6.45) is 0.606. The lowest BCUT2D eigenvalue weighted by Crippen LogP contribution is -2.33. The Morgan fingerprint density at radius 1 is 1.07 bits per heavy atom. The zero-order valence-corrected chi connectivity index (χ0v) is 17.3. The number of pyridine rings is 1. The van der Waals surface area contributed by atoms with Crippen LogP contribution in [0.3, 0.4) is 0 Å². The molecule has 150 valence electrons. The summed E-state index contributed by atoms with van der Waals surface area (Å²) < 4.78 is 5.40. The Morgan fingerprint density at radius 3 is 2.41 bits per heavy atom. The quantitative estimate of drug-likeness (QED) is 0.582. The zero-order chi connectivity index (χ0) is 21.0. The summed E-state index contributed by atoms with van der Waals surface area (Å²) in [5.74, 6) is -0.758. The number of aromatic nitrogens is 1. The summed E-state index contributed by atoms with van der Waals surface area (Å²) >= 11 is 0. The second kappa shape index (κ2) is 8.86. The molecule has 0 saturated heterocycles. The Bertz CT molecular complexity index is 1030. The molecule has 0 saturated carbocycles. The van der Waals surface area contributed by atoms with Gasteiger partial charge in [-0.25, -0.2) is 4.79 Å². The van der Waals surface area contributed by atoms with Crippen molar-refractivity contribution in [3.05, 3.63) is 77.0 Å². The molecule has 0 bridgehead atoms. The molecule has 0 aliphatic carbocycles. The first-order valence-corrected chi connectivity index (χ1v) is 9.80. The van der Waals surface area contributed by atoms with Crippen LogP contribution in [0.2, 0.25) is 0 Å². The van der Waals surface area contributed by atoms with Gasteiger partial charge >= 0.3 is 5.97 Å². The normalized spacial score (nSPS) is 11.9. The van der Waals surface area contributed by atoms with Gasteiger partial charge in [-0.05, 0) is 37.5 Å². The van der Waals surface area contributed by atoms with Crippen molar-refractivity contribution in [2.24, 2.45) is 0 Å². The van der Waals surface area contributed by atoms with Crippen molar-refractivity contribution in [2.45, 2.75) is 33.2 Å². The van der Waals surface area contributed by atoms with E-state index in [1.807, 2.05) is 75.4 Å². The maximum atomic E-state index is 12.8. The number of ether oxygens (including phenoxy) is 1. The van der Waals surface area contributed by atoms with Gasteiger partial charge in [-0.3, -0.25) is 9.78 Å². The number of carbonyl (C=O) groups excluding carboxylic acids is 2. The summed E-state index contributed by atoms with van der Waals surface area (Å²) in [7, 11) is 1.72. The van der Waals surface area contributed by atoms with Gasteiger partial charge in [-0.15, -0.1) is 0 Å². The number of aryl methyl sites for hydroxylation is 2. The van der Waals surface area contributed by atoms with E-state index in [2.05, 4.69) is 4.98 Å². The highest BCUT2D eigenvalue weighted by Gasteiger charge is 2.22. The molecule has 0 fully saturated rings. The van der Waals surface area contributed by atoms with Gasteiger partial charge < -0.3 is 9.64 Å². The van der Waals surface area contributed by atoms with E-state index in [1.165, 1.54) is 0 Å². The van der Waals surface area contributed by atoms with Crippen LogP contribution < -0.4 is 0 Å². The fraction of sp³-hybridized carbons (Fsp3) is 0.292. The maximum absolute atomic E-state index is 12.8. The molecule has 5 heteroatoms. The summed E-state index contributed by atoms with van der Waals surface area (Å²) in [6.45, 7) is 5.49. The summed E-state index contributed by atoms with van der Waals surface area (Å²) in [5.41, 5.74) is 3.85. The number of likely N-dealkylation sites (N-methyl/N-ethyl adjacent to an activating group) is 1. The number of nitrogens with zero attached hydrogens (tertiary/aromatic N) is 2. The number of amides is 1. The Morgan fingerprint density at radius 2 is 1.72 bits per heavy atom. The van der Waals surface area contributed by atoms with Crippen molar-refractivity contribution in [1.29, 1.82) is 0 Å². The van der Waals surface area contributed by atoms with Crippen LogP contribution in [0.1, 0.15) is 47.1 Å². The lowest BCUT2D eigenvalue weighted by molar-refractivity contribution is -0.135. The van der Waals surface area contributed by atoms with Crippen LogP contribution in [-0.2, 0) is 16.0 Å². The van der Waals surface area contributed by atoms with Crippen molar-refractivity contribution in [1.82, 2.24) is 9.88 Å². The molecule has 1 aromatic heterocycles. The molecular weight excluding hydrogens is 364 g/mol. The fourth-order valence-electron chi connectivity index (χ4n) is 3.44. The van der Waals surface area contributed by atoms with Gasteiger partial charge in [-0.2, -0.15) is 0 Å². The van der Waals surface area contributed by atoms with Crippen LogP contribution in [0.15, 0.2) is 54.6 Å². The molecule has 1 heterocycles. The first-order chi connectivity index (χ1) is 13.9. The lowest BCUT2D eigenvalue weighted by atomic mass is 10.0. The Labute approximate surface area is 171 Å². The van der Waals surface area contributed by atoms with Gasteiger partial charge in [-0.1, -0.05) is 55.5 Å². The zero-order valence-electron chi connectivity index (χ0n) is 17.3. The average molecular weight is 390 g/mol. The second-order valence-corrected chi connectivity index (χ2v) is 7.10. The topological polar surface area (TPSA) is 59.5 Å². The third-order valence-electron chi connectivity index (χ3n) is 5.35. The van der Waals surface area contributed by atoms with E-state index in [0.29, 0.717) is 17.7 Å². The van der Waals surface area contributed by atoms with Gasteiger partial charge in [0.15, 0.2) is 6.61 Å². The number of para-hydroxylation sites is 1. The molecular formula is C24H26N2O3. The third-order valence-corrected chi connectivity index (χ3v) is 5.35. The number of rotatable bonds is 6. The van der Waals surface area contributed by atoms with E-state index in [9.17, 15) is 9.59 Å². The SMILES string of the molecule is CCc1nc2ccccc2c(C)c1C(=O)OCC(=O)N(C)[C@H](C)c1ccccc1. The largest absolute Gasteiger partial charge is 0.452 e. The summed E-state index contributed by atoms with van der Waals surface area (Å²) in [4.78, 5) is 31.6. The Balaban J connectivity index is 1.75. The van der Waals surface area contributed by atoms with Crippen LogP contribution in [0, 0.1) is 6.92 Å². The molecule has 0 unspecified atom stereocenters. The van der Waals surface area contributed by atoms with Crippen molar-refractivity contribution in [3.63, 3.8) is 0 Å². The van der Waals surface area contributed by atoms with E-state index in [4.69, 9.17) is 4.74 Å². The second-order valence-electron chi connectivity index (χ2n) is 7.10. The first kappa shape index (κ1) is 20.5. The third kappa shape index (κ3) is 4.29. The highest BCUT2D eigenvalue weighted by Crippen LogP contribution is 2.24. The minimum absolute atomic E-state index is 0.113. The molecule has 0 aliphatic heterocycles. The van der Waals surface area contributed by atoms with Crippen LogP contribution in [0.5, 0.6) is 0 Å². The van der Waals surface area contributed by atoms with E-state index >= 15 is 0 Å². The highest BCUT2D eigenvalue weighted by atomic mass is 16.5. The number of hydrogen-bond donors (Lipinski definition) is 0. The number of carbonyl (C=O) groups is 2. The number of hydrogen-bond acceptors (Lipinski definition) is 4. The van der Waals surface area contributed by atoms with Crippen LogP contribution in [-0.4, -0.2) is 35.4 Å². The molecule has 1 atom stereocenters. The van der Waals surface area contributed by atoms with Gasteiger partial charge in [0.25, 0.3) is 5.91 Å². The monoisotopic (exact) mass is 390 g/mol. The molecule has 0 spiro atoms. The van der Waals surface area contributed by atoms with Crippen LogP contribution >= 0.6 is 0 Å². The number of esters is 1. The molecule has 3 rings (SSSR count). The fourth-order valence-corrected chi connectivity index (χ4v) is 3.44. The minimum Gasteiger partial charge on any atom is -0.452 e. The van der Waals surface area contributed by atoms with E-state index in [1.54, 1.807) is 11.9 Å². The van der Waals surface area contributed by atoms with Crippen molar-refractivity contribution in [2.75, 3.05) is 13.7 Å². The number of fused-ring (bicyclic) bond motifs is 1. The number of benzene rings is 2. The van der Waals surface area contributed by atoms with Crippen molar-refractivity contribution >= 4 is 22.8 Å². The lowest BCUT2D eigenvalue weighted by Gasteiger charge is -2.25. The van der Waals surface area contributed by atoms with E-state index < -0.39 is 5.97 Å². The highest BCUT2D eigenvalue weighted by molar-refractivity contribution is 5.99. The Hall–Kier alpha value is -3.21. The predicted octanol–water partition coefficient (Wildman–Crippen LogP) is 4.48.